The van der Waals surface area contributed by atoms with Crippen molar-refractivity contribution in [2.45, 2.75) is 19.8 Å². The molecule has 0 N–H and O–H groups in total. The Morgan fingerprint density at radius 2 is 2.12 bits per heavy atom. The highest BCUT2D eigenvalue weighted by Gasteiger charge is 2.10. The van der Waals surface area contributed by atoms with Crippen LogP contribution in [0.3, 0.4) is 0 Å². The second-order valence-corrected chi connectivity index (χ2v) is 4.08. The summed E-state index contributed by atoms with van der Waals surface area (Å²) in [5.41, 5.74) is 2.57. The number of rotatable bonds is 4. The maximum Gasteiger partial charge on any atom is 0.167 e. The molecule has 0 fully saturated rings. The molecule has 0 aliphatic rings. The number of benzene rings is 1. The Morgan fingerprint density at radius 1 is 1.29 bits per heavy atom. The number of carbonyl (C=O) groups excluding carboxylic acids is 1. The monoisotopic (exact) mass is 225 g/mol. The minimum absolute atomic E-state index is 0.121. The van der Waals surface area contributed by atoms with E-state index >= 15 is 0 Å². The van der Waals surface area contributed by atoms with Crippen LogP contribution in [0.5, 0.6) is 0 Å². The van der Waals surface area contributed by atoms with Crippen molar-refractivity contribution in [3.8, 4) is 0 Å². The Hall–Kier alpha value is -1.96. The van der Waals surface area contributed by atoms with Crippen LogP contribution in [0, 0.1) is 0 Å². The fourth-order valence-electron chi connectivity index (χ4n) is 1.79. The molecule has 2 aromatic rings. The van der Waals surface area contributed by atoms with Gasteiger partial charge in [0.1, 0.15) is 0 Å². The van der Waals surface area contributed by atoms with Gasteiger partial charge in [-0.1, -0.05) is 37.3 Å². The van der Waals surface area contributed by atoms with E-state index in [2.05, 4.69) is 11.6 Å². The van der Waals surface area contributed by atoms with Crippen LogP contribution in [-0.4, -0.2) is 10.8 Å². The number of pyridine rings is 1. The van der Waals surface area contributed by atoms with Gasteiger partial charge < -0.3 is 0 Å². The van der Waals surface area contributed by atoms with Crippen molar-refractivity contribution in [3.63, 3.8) is 0 Å². The second kappa shape index (κ2) is 4.91. The largest absolute Gasteiger partial charge is 0.294 e. The number of hydrogen-bond donors (Lipinski definition) is 0. The van der Waals surface area contributed by atoms with Crippen LogP contribution in [0.1, 0.15) is 30.1 Å². The molecule has 1 heterocycles. The third-order valence-electron chi connectivity index (χ3n) is 2.86. The molecule has 0 atom stereocenters. The molecule has 0 unspecified atom stereocenters. The van der Waals surface area contributed by atoms with E-state index in [-0.39, 0.29) is 5.78 Å². The van der Waals surface area contributed by atoms with Gasteiger partial charge in [-0.2, -0.15) is 0 Å². The van der Waals surface area contributed by atoms with E-state index < -0.39 is 0 Å². The van der Waals surface area contributed by atoms with Gasteiger partial charge in [0.2, 0.25) is 0 Å². The molecular weight excluding hydrogens is 210 g/mol. The average Bonchev–Trinajstić information content (AvgIpc) is 2.37. The van der Waals surface area contributed by atoms with Gasteiger partial charge in [0.25, 0.3) is 0 Å². The lowest BCUT2D eigenvalue weighted by Gasteiger charge is -2.05. The Bertz CT molecular complexity index is 567. The van der Waals surface area contributed by atoms with Crippen molar-refractivity contribution in [1.29, 1.82) is 0 Å². The first-order valence-electron chi connectivity index (χ1n) is 5.76. The highest BCUT2D eigenvalue weighted by atomic mass is 16.1. The fraction of sp³-hybridized carbons (Fsp3) is 0.200. The van der Waals surface area contributed by atoms with Crippen molar-refractivity contribution in [1.82, 2.24) is 4.98 Å². The summed E-state index contributed by atoms with van der Waals surface area (Å²) in [7, 11) is 0. The van der Waals surface area contributed by atoms with Gasteiger partial charge >= 0.3 is 0 Å². The molecule has 0 bridgehead atoms. The molecular formula is C15H15NO. The highest BCUT2D eigenvalue weighted by molar-refractivity contribution is 6.08. The number of nitrogens with zero attached hydrogens (tertiary/aromatic N) is 1. The molecule has 2 rings (SSSR count). The van der Waals surface area contributed by atoms with Gasteiger partial charge in [-0.15, -0.1) is 0 Å². The Kier molecular flexibility index (Phi) is 3.33. The van der Waals surface area contributed by atoms with Crippen molar-refractivity contribution in [3.05, 3.63) is 54.2 Å². The van der Waals surface area contributed by atoms with Crippen LogP contribution in [0.25, 0.3) is 10.9 Å². The number of aromatic nitrogens is 1. The lowest BCUT2D eigenvalue weighted by atomic mass is 9.99. The Balaban J connectivity index is 2.41. The summed E-state index contributed by atoms with van der Waals surface area (Å²) in [5.74, 6) is 0.121. The van der Waals surface area contributed by atoms with E-state index in [1.807, 2.05) is 37.3 Å². The number of Topliss-reactive ketones (excluding diaryl/α,β-unsaturated/α-hetero) is 1. The molecule has 1 aromatic heterocycles. The maximum atomic E-state index is 12.1. The number of carbonyl (C=O) groups is 1. The third-order valence-corrected chi connectivity index (χ3v) is 2.86. The van der Waals surface area contributed by atoms with Crippen molar-refractivity contribution in [2.24, 2.45) is 0 Å². The van der Waals surface area contributed by atoms with E-state index in [1.54, 1.807) is 6.20 Å². The van der Waals surface area contributed by atoms with Crippen LogP contribution >= 0.6 is 0 Å². The van der Waals surface area contributed by atoms with E-state index in [1.165, 1.54) is 0 Å². The molecule has 86 valence electrons. The van der Waals surface area contributed by atoms with Crippen molar-refractivity contribution in [2.75, 3.05) is 0 Å². The normalized spacial score (nSPS) is 10.4. The maximum absolute atomic E-state index is 12.1. The highest BCUT2D eigenvalue weighted by Crippen LogP contribution is 2.19. The summed E-state index contributed by atoms with van der Waals surface area (Å²) < 4.78 is 0. The standard InChI is InChI=1S/C15H15NO/c1-3-11(2)10-15(17)13-6-4-8-14-12(13)7-5-9-16-14/h4-9H,2-3,10H2,1H3. The molecule has 0 amide bonds. The lowest BCUT2D eigenvalue weighted by molar-refractivity contribution is 0.0994. The second-order valence-electron chi connectivity index (χ2n) is 4.08. The average molecular weight is 225 g/mol. The van der Waals surface area contributed by atoms with Crippen LogP contribution < -0.4 is 0 Å². The predicted molar refractivity (Wildman–Crippen MR) is 70.1 cm³/mol. The number of ketones is 1. The number of hydrogen-bond acceptors (Lipinski definition) is 2. The number of allylic oxidation sites excluding steroid dienone is 1. The molecule has 0 aliphatic carbocycles. The molecule has 0 saturated carbocycles. The van der Waals surface area contributed by atoms with Gasteiger partial charge in [-0.05, 0) is 18.6 Å². The Morgan fingerprint density at radius 3 is 2.88 bits per heavy atom. The van der Waals surface area contributed by atoms with Crippen LogP contribution in [-0.2, 0) is 0 Å². The minimum Gasteiger partial charge on any atom is -0.294 e. The van der Waals surface area contributed by atoms with Gasteiger partial charge in [0.05, 0.1) is 5.52 Å². The molecule has 2 heteroatoms. The van der Waals surface area contributed by atoms with Crippen LogP contribution in [0.15, 0.2) is 48.7 Å². The molecule has 2 nitrogen and oxygen atoms in total. The van der Waals surface area contributed by atoms with Crippen LogP contribution in [0.2, 0.25) is 0 Å². The molecule has 0 aliphatic heterocycles. The molecule has 17 heavy (non-hydrogen) atoms. The summed E-state index contributed by atoms with van der Waals surface area (Å²) in [6.45, 7) is 5.90. The summed E-state index contributed by atoms with van der Waals surface area (Å²) in [4.78, 5) is 16.4. The van der Waals surface area contributed by atoms with Gasteiger partial charge in [0.15, 0.2) is 5.78 Å². The summed E-state index contributed by atoms with van der Waals surface area (Å²) >= 11 is 0. The first-order valence-corrected chi connectivity index (χ1v) is 5.76. The summed E-state index contributed by atoms with van der Waals surface area (Å²) in [5, 5.41) is 0.920. The minimum atomic E-state index is 0.121. The van der Waals surface area contributed by atoms with Gasteiger partial charge in [-0.3, -0.25) is 9.78 Å². The van der Waals surface area contributed by atoms with Gasteiger partial charge in [-0.25, -0.2) is 0 Å². The molecule has 0 saturated heterocycles. The lowest BCUT2D eigenvalue weighted by Crippen LogP contribution is -2.01. The van der Waals surface area contributed by atoms with E-state index in [9.17, 15) is 4.79 Å². The topological polar surface area (TPSA) is 30.0 Å². The molecule has 1 aromatic carbocycles. The quantitative estimate of drug-likeness (QED) is 0.585. The molecule has 0 spiro atoms. The van der Waals surface area contributed by atoms with Crippen LogP contribution in [0.4, 0.5) is 0 Å². The fourth-order valence-corrected chi connectivity index (χ4v) is 1.79. The zero-order valence-corrected chi connectivity index (χ0v) is 9.94. The SMILES string of the molecule is C=C(CC)CC(=O)c1cccc2ncccc12. The Labute approximate surface area is 101 Å². The van der Waals surface area contributed by atoms with E-state index in [4.69, 9.17) is 0 Å². The van der Waals surface area contributed by atoms with Crippen molar-refractivity contribution >= 4 is 16.7 Å². The smallest absolute Gasteiger partial charge is 0.167 e. The zero-order chi connectivity index (χ0) is 12.3. The third kappa shape index (κ3) is 2.41. The first kappa shape index (κ1) is 11.5. The first-order chi connectivity index (χ1) is 8.22. The van der Waals surface area contributed by atoms with E-state index in [0.717, 1.165) is 28.5 Å². The zero-order valence-electron chi connectivity index (χ0n) is 9.94. The summed E-state index contributed by atoms with van der Waals surface area (Å²) in [6, 6.07) is 9.44. The predicted octanol–water partition coefficient (Wildman–Crippen LogP) is 3.77. The molecule has 0 radical (unpaired) electrons. The summed E-state index contributed by atoms with van der Waals surface area (Å²) in [6.07, 6.45) is 3.00. The number of fused-ring (bicyclic) bond motifs is 1. The van der Waals surface area contributed by atoms with E-state index in [0.29, 0.717) is 6.42 Å². The van der Waals surface area contributed by atoms with Crippen molar-refractivity contribution < 1.29 is 4.79 Å². The van der Waals surface area contributed by atoms with Gasteiger partial charge in [0, 0.05) is 23.6 Å².